The number of likely N-dealkylation sites (tertiary alicyclic amines) is 1. The summed E-state index contributed by atoms with van der Waals surface area (Å²) < 4.78 is 7.22. The minimum atomic E-state index is -0.481. The molecule has 1 aliphatic heterocycles. The van der Waals surface area contributed by atoms with E-state index in [0.717, 1.165) is 44.1 Å². The molecule has 8 nitrogen and oxygen atoms in total. The van der Waals surface area contributed by atoms with Crippen molar-refractivity contribution in [3.63, 3.8) is 0 Å². The van der Waals surface area contributed by atoms with Crippen LogP contribution < -0.4 is 10.6 Å². The summed E-state index contributed by atoms with van der Waals surface area (Å²) >= 11 is 0. The van der Waals surface area contributed by atoms with Gasteiger partial charge in [0.05, 0.1) is 18.8 Å². The van der Waals surface area contributed by atoms with Gasteiger partial charge in [0, 0.05) is 32.9 Å². The molecule has 0 radical (unpaired) electrons. The summed E-state index contributed by atoms with van der Waals surface area (Å²) in [5.41, 5.74) is 0.671. The van der Waals surface area contributed by atoms with Crippen LogP contribution >= 0.6 is 24.0 Å². The topological polar surface area (TPSA) is 83.8 Å². The van der Waals surface area contributed by atoms with Crippen LogP contribution in [0.5, 0.6) is 0 Å². The Kier molecular flexibility index (Phi) is 8.65. The van der Waals surface area contributed by atoms with Crippen LogP contribution in [-0.4, -0.2) is 65.1 Å². The first-order valence-corrected chi connectivity index (χ1v) is 8.71. The molecule has 1 aromatic rings. The Labute approximate surface area is 172 Å². The van der Waals surface area contributed by atoms with Crippen LogP contribution in [0.2, 0.25) is 0 Å². The average molecular weight is 478 g/mol. The Morgan fingerprint density at radius 1 is 1.46 bits per heavy atom. The van der Waals surface area contributed by atoms with Gasteiger partial charge < -0.3 is 20.3 Å². The van der Waals surface area contributed by atoms with Gasteiger partial charge in [-0.15, -0.1) is 24.0 Å². The molecule has 2 rings (SSSR count). The second-order valence-electron chi connectivity index (χ2n) is 7.33. The van der Waals surface area contributed by atoms with Gasteiger partial charge >= 0.3 is 6.09 Å². The van der Waals surface area contributed by atoms with Gasteiger partial charge in [-0.3, -0.25) is 9.67 Å². The molecular weight excluding hydrogens is 447 g/mol. The largest absolute Gasteiger partial charge is 0.444 e. The Morgan fingerprint density at radius 2 is 2.19 bits per heavy atom. The lowest BCUT2D eigenvalue weighted by Crippen LogP contribution is -2.44. The van der Waals surface area contributed by atoms with Gasteiger partial charge in [-0.25, -0.2) is 4.79 Å². The minimum absolute atomic E-state index is 0. The Bertz CT molecular complexity index is 611. The number of aryl methyl sites for hydroxylation is 1. The zero-order valence-corrected chi connectivity index (χ0v) is 18.6. The fourth-order valence-electron chi connectivity index (χ4n) is 2.75. The van der Waals surface area contributed by atoms with E-state index in [1.54, 1.807) is 7.05 Å². The van der Waals surface area contributed by atoms with E-state index >= 15 is 0 Å². The normalized spacial score (nSPS) is 17.7. The number of carbonyl (C=O) groups excluding carboxylic acids is 1. The van der Waals surface area contributed by atoms with Crippen molar-refractivity contribution in [3.8, 4) is 0 Å². The number of halogens is 1. The molecule has 1 aromatic heterocycles. The number of ether oxygens (including phenoxy) is 1. The number of hydrogen-bond acceptors (Lipinski definition) is 4. The quantitative estimate of drug-likeness (QED) is 0.393. The van der Waals surface area contributed by atoms with Crippen LogP contribution in [0, 0.1) is 6.92 Å². The van der Waals surface area contributed by atoms with Crippen LogP contribution in [0.15, 0.2) is 17.4 Å². The lowest BCUT2D eigenvalue weighted by Gasteiger charge is -2.23. The molecule has 1 aliphatic rings. The number of guanidine groups is 1. The van der Waals surface area contributed by atoms with Gasteiger partial charge in [-0.2, -0.15) is 5.10 Å². The van der Waals surface area contributed by atoms with Crippen molar-refractivity contribution in [3.05, 3.63) is 18.0 Å². The standard InChI is InChI=1S/C17H30N6O2.HI/c1-13-10-20-23(11-13)9-7-19-15(18-5)22-8-6-14(12-22)21-16(24)25-17(2,3)4;/h10-11,14H,6-9,12H2,1-5H3,(H,18,19)(H,21,24);1H. The van der Waals surface area contributed by atoms with E-state index in [9.17, 15) is 4.79 Å². The monoisotopic (exact) mass is 478 g/mol. The number of alkyl carbamates (subject to hydrolysis) is 1. The van der Waals surface area contributed by atoms with Gasteiger partial charge in [0.2, 0.25) is 0 Å². The summed E-state index contributed by atoms with van der Waals surface area (Å²) in [6.07, 6.45) is 4.37. The summed E-state index contributed by atoms with van der Waals surface area (Å²) in [5, 5.41) is 10.6. The van der Waals surface area contributed by atoms with Gasteiger partial charge in [-0.1, -0.05) is 0 Å². The number of nitrogens with zero attached hydrogens (tertiary/aromatic N) is 4. The van der Waals surface area contributed by atoms with E-state index in [2.05, 4.69) is 25.6 Å². The van der Waals surface area contributed by atoms with E-state index in [1.165, 1.54) is 0 Å². The van der Waals surface area contributed by atoms with E-state index in [1.807, 2.05) is 44.8 Å². The Morgan fingerprint density at radius 3 is 2.77 bits per heavy atom. The van der Waals surface area contributed by atoms with E-state index < -0.39 is 5.60 Å². The highest BCUT2D eigenvalue weighted by Crippen LogP contribution is 2.12. The maximum atomic E-state index is 11.9. The molecule has 1 atom stereocenters. The maximum absolute atomic E-state index is 11.9. The fraction of sp³-hybridized carbons (Fsp3) is 0.706. The van der Waals surface area contributed by atoms with Crippen molar-refractivity contribution in [2.45, 2.75) is 52.3 Å². The number of aromatic nitrogens is 2. The van der Waals surface area contributed by atoms with Gasteiger partial charge in [0.1, 0.15) is 5.60 Å². The molecule has 2 heterocycles. The third-order valence-corrected chi connectivity index (χ3v) is 3.81. The molecule has 0 bridgehead atoms. The van der Waals surface area contributed by atoms with Crippen molar-refractivity contribution in [1.29, 1.82) is 0 Å². The second-order valence-corrected chi connectivity index (χ2v) is 7.33. The molecular formula is C17H31IN6O2. The smallest absolute Gasteiger partial charge is 0.407 e. The zero-order valence-electron chi connectivity index (χ0n) is 16.3. The van der Waals surface area contributed by atoms with Crippen LogP contribution in [0.1, 0.15) is 32.8 Å². The molecule has 2 N–H and O–H groups in total. The Balaban J connectivity index is 0.00000338. The van der Waals surface area contributed by atoms with Crippen molar-refractivity contribution in [2.24, 2.45) is 4.99 Å². The van der Waals surface area contributed by atoms with E-state index in [4.69, 9.17) is 4.74 Å². The highest BCUT2D eigenvalue weighted by molar-refractivity contribution is 14.0. The number of rotatable bonds is 4. The summed E-state index contributed by atoms with van der Waals surface area (Å²) in [4.78, 5) is 18.4. The number of carbonyl (C=O) groups is 1. The predicted octanol–water partition coefficient (Wildman–Crippen LogP) is 1.98. The molecule has 0 aliphatic carbocycles. The summed E-state index contributed by atoms with van der Waals surface area (Å²) in [6.45, 7) is 10.7. The van der Waals surface area contributed by atoms with Crippen LogP contribution in [0.25, 0.3) is 0 Å². The highest BCUT2D eigenvalue weighted by Gasteiger charge is 2.27. The first-order valence-electron chi connectivity index (χ1n) is 8.71. The molecule has 0 aromatic carbocycles. The molecule has 0 spiro atoms. The number of amides is 1. The number of aliphatic imine (C=N–C) groups is 1. The molecule has 9 heteroatoms. The molecule has 1 saturated heterocycles. The lowest BCUT2D eigenvalue weighted by atomic mass is 10.2. The predicted molar refractivity (Wildman–Crippen MR) is 113 cm³/mol. The highest BCUT2D eigenvalue weighted by atomic mass is 127. The first kappa shape index (κ1) is 22.5. The number of nitrogens with one attached hydrogen (secondary N) is 2. The third kappa shape index (κ3) is 7.38. The summed E-state index contributed by atoms with van der Waals surface area (Å²) in [5.74, 6) is 0.845. The lowest BCUT2D eigenvalue weighted by molar-refractivity contribution is 0.0507. The first-order chi connectivity index (χ1) is 11.8. The summed E-state index contributed by atoms with van der Waals surface area (Å²) in [7, 11) is 1.77. The average Bonchev–Trinajstić information content (AvgIpc) is 3.11. The number of hydrogen-bond donors (Lipinski definition) is 2. The van der Waals surface area contributed by atoms with Crippen molar-refractivity contribution in [2.75, 3.05) is 26.7 Å². The third-order valence-electron chi connectivity index (χ3n) is 3.81. The molecule has 148 valence electrons. The molecule has 0 saturated carbocycles. The molecule has 1 unspecified atom stereocenters. The van der Waals surface area contributed by atoms with Crippen LogP contribution in [0.3, 0.4) is 0 Å². The van der Waals surface area contributed by atoms with E-state index in [-0.39, 0.29) is 36.1 Å². The van der Waals surface area contributed by atoms with Gasteiger partial charge in [-0.05, 0) is 39.7 Å². The zero-order chi connectivity index (χ0) is 18.4. The molecule has 26 heavy (non-hydrogen) atoms. The van der Waals surface area contributed by atoms with Crippen LogP contribution in [0.4, 0.5) is 4.79 Å². The Hall–Kier alpha value is -1.52. The molecule has 1 amide bonds. The summed E-state index contributed by atoms with van der Waals surface area (Å²) in [6, 6.07) is 0.0714. The fourth-order valence-corrected chi connectivity index (χ4v) is 2.75. The van der Waals surface area contributed by atoms with Crippen LogP contribution in [-0.2, 0) is 11.3 Å². The SMILES string of the molecule is CN=C(NCCn1cc(C)cn1)N1CCC(NC(=O)OC(C)(C)C)C1.I. The van der Waals surface area contributed by atoms with Crippen molar-refractivity contribution in [1.82, 2.24) is 25.3 Å². The van der Waals surface area contributed by atoms with E-state index in [0.29, 0.717) is 0 Å². The second kappa shape index (κ2) is 9.98. The van der Waals surface area contributed by atoms with Crippen molar-refractivity contribution >= 4 is 36.0 Å². The maximum Gasteiger partial charge on any atom is 0.407 e. The molecule has 1 fully saturated rings. The minimum Gasteiger partial charge on any atom is -0.444 e. The van der Waals surface area contributed by atoms with Gasteiger partial charge in [0.25, 0.3) is 0 Å². The van der Waals surface area contributed by atoms with Crippen molar-refractivity contribution < 1.29 is 9.53 Å². The van der Waals surface area contributed by atoms with Gasteiger partial charge in [0.15, 0.2) is 5.96 Å².